The average molecular weight is 326 g/mol. The van der Waals surface area contributed by atoms with E-state index in [1.165, 1.54) is 32.1 Å². The summed E-state index contributed by atoms with van der Waals surface area (Å²) in [5.74, 6) is 0.160. The van der Waals surface area contributed by atoms with Gasteiger partial charge in [0.2, 0.25) is 0 Å². The monoisotopic (exact) mass is 325 g/mol. The number of nitrogens with two attached hydrogens (primary N) is 1. The van der Waals surface area contributed by atoms with Crippen LogP contribution in [0.4, 0.5) is 5.69 Å². The van der Waals surface area contributed by atoms with E-state index < -0.39 is 0 Å². The molecule has 0 unspecified atom stereocenters. The van der Waals surface area contributed by atoms with Crippen LogP contribution in [0.5, 0.6) is 0 Å². The van der Waals surface area contributed by atoms with E-state index in [1.807, 2.05) is 12.1 Å². The number of Topliss-reactive ketones (excluding diaryl/α,β-unsaturated/α-hetero) is 1. The molecule has 0 heterocycles. The molecule has 0 fully saturated rings. The lowest BCUT2D eigenvalue weighted by molar-refractivity contribution is 0.0980. The summed E-state index contributed by atoms with van der Waals surface area (Å²) < 4.78 is 0.907. The molecule has 0 saturated carbocycles. The highest BCUT2D eigenvalue weighted by molar-refractivity contribution is 9.10. The van der Waals surface area contributed by atoms with Gasteiger partial charge in [-0.2, -0.15) is 0 Å². The molecular weight excluding hydrogens is 302 g/mol. The van der Waals surface area contributed by atoms with Crippen molar-refractivity contribution in [3.8, 4) is 0 Å². The SMILES string of the molecule is CCCCCCCCCC(=O)c1cc(Br)ccc1N. The number of carbonyl (C=O) groups excluding carboxylic acids is 1. The standard InChI is InChI=1S/C16H24BrNO/c1-2-3-4-5-6-7-8-9-16(19)14-12-13(17)10-11-15(14)18/h10-12H,2-9,18H2,1H3. The number of hydrogen-bond acceptors (Lipinski definition) is 2. The third-order valence-electron chi connectivity index (χ3n) is 3.32. The summed E-state index contributed by atoms with van der Waals surface area (Å²) in [4.78, 5) is 12.1. The van der Waals surface area contributed by atoms with Crippen LogP contribution < -0.4 is 5.73 Å². The molecule has 19 heavy (non-hydrogen) atoms. The number of rotatable bonds is 9. The van der Waals surface area contributed by atoms with E-state index in [2.05, 4.69) is 22.9 Å². The molecule has 2 nitrogen and oxygen atoms in total. The lowest BCUT2D eigenvalue weighted by Crippen LogP contribution is -2.03. The van der Waals surface area contributed by atoms with Crippen LogP contribution in [-0.2, 0) is 0 Å². The molecule has 0 aromatic heterocycles. The van der Waals surface area contributed by atoms with E-state index in [-0.39, 0.29) is 5.78 Å². The van der Waals surface area contributed by atoms with Crippen LogP contribution in [0.3, 0.4) is 0 Å². The minimum absolute atomic E-state index is 0.160. The first-order valence-electron chi connectivity index (χ1n) is 7.23. The molecule has 0 bridgehead atoms. The Hall–Kier alpha value is -0.830. The van der Waals surface area contributed by atoms with Crippen molar-refractivity contribution in [2.24, 2.45) is 0 Å². The van der Waals surface area contributed by atoms with E-state index in [0.717, 1.165) is 17.3 Å². The molecule has 3 heteroatoms. The van der Waals surface area contributed by atoms with Crippen molar-refractivity contribution in [3.63, 3.8) is 0 Å². The maximum atomic E-state index is 12.1. The first-order valence-corrected chi connectivity index (χ1v) is 8.02. The van der Waals surface area contributed by atoms with Crippen molar-refractivity contribution in [2.75, 3.05) is 5.73 Å². The number of carbonyl (C=O) groups is 1. The zero-order valence-corrected chi connectivity index (χ0v) is 13.3. The summed E-state index contributed by atoms with van der Waals surface area (Å²) in [6.45, 7) is 2.22. The van der Waals surface area contributed by atoms with Gasteiger partial charge in [0.15, 0.2) is 5.78 Å². The summed E-state index contributed by atoms with van der Waals surface area (Å²) in [5.41, 5.74) is 7.07. The second-order valence-corrected chi connectivity index (χ2v) is 5.94. The lowest BCUT2D eigenvalue weighted by atomic mass is 10.0. The second kappa shape index (κ2) is 9.13. The van der Waals surface area contributed by atoms with Crippen LogP contribution in [0, 0.1) is 0 Å². The Morgan fingerprint density at radius 1 is 1.11 bits per heavy atom. The largest absolute Gasteiger partial charge is 0.398 e. The van der Waals surface area contributed by atoms with Gasteiger partial charge < -0.3 is 5.73 Å². The number of anilines is 1. The highest BCUT2D eigenvalue weighted by atomic mass is 79.9. The van der Waals surface area contributed by atoms with Gasteiger partial charge >= 0.3 is 0 Å². The molecule has 1 aromatic carbocycles. The maximum Gasteiger partial charge on any atom is 0.164 e. The third-order valence-corrected chi connectivity index (χ3v) is 3.82. The topological polar surface area (TPSA) is 43.1 Å². The summed E-state index contributed by atoms with van der Waals surface area (Å²) in [6.07, 6.45) is 9.17. The van der Waals surface area contributed by atoms with Gasteiger partial charge in [0.05, 0.1) is 0 Å². The lowest BCUT2D eigenvalue weighted by Gasteiger charge is -2.05. The van der Waals surface area contributed by atoms with Crippen molar-refractivity contribution >= 4 is 27.4 Å². The summed E-state index contributed by atoms with van der Waals surface area (Å²) in [7, 11) is 0. The number of benzene rings is 1. The van der Waals surface area contributed by atoms with Gasteiger partial charge in [-0.1, -0.05) is 61.4 Å². The smallest absolute Gasteiger partial charge is 0.164 e. The van der Waals surface area contributed by atoms with Gasteiger partial charge in [0.1, 0.15) is 0 Å². The molecular formula is C16H24BrNO. The van der Waals surface area contributed by atoms with E-state index in [9.17, 15) is 4.79 Å². The van der Waals surface area contributed by atoms with Crippen molar-refractivity contribution in [1.82, 2.24) is 0 Å². The Morgan fingerprint density at radius 2 is 1.74 bits per heavy atom. The molecule has 2 N–H and O–H groups in total. The molecule has 0 saturated heterocycles. The van der Waals surface area contributed by atoms with Crippen LogP contribution in [-0.4, -0.2) is 5.78 Å². The van der Waals surface area contributed by atoms with Crippen molar-refractivity contribution in [3.05, 3.63) is 28.2 Å². The van der Waals surface area contributed by atoms with Gasteiger partial charge in [-0.05, 0) is 24.6 Å². The molecule has 0 radical (unpaired) electrons. The summed E-state index contributed by atoms with van der Waals surface area (Å²) >= 11 is 3.37. The number of halogens is 1. The van der Waals surface area contributed by atoms with Crippen molar-refractivity contribution in [2.45, 2.75) is 58.3 Å². The quantitative estimate of drug-likeness (QED) is 0.377. The second-order valence-electron chi connectivity index (χ2n) is 5.03. The Labute approximate surface area is 124 Å². The van der Waals surface area contributed by atoms with E-state index >= 15 is 0 Å². The predicted molar refractivity (Wildman–Crippen MR) is 85.5 cm³/mol. The van der Waals surface area contributed by atoms with Crippen LogP contribution >= 0.6 is 15.9 Å². The number of nitrogen functional groups attached to an aromatic ring is 1. The van der Waals surface area contributed by atoms with Gasteiger partial charge in [0.25, 0.3) is 0 Å². The molecule has 0 aliphatic rings. The highest BCUT2D eigenvalue weighted by Gasteiger charge is 2.09. The molecule has 106 valence electrons. The van der Waals surface area contributed by atoms with E-state index in [4.69, 9.17) is 5.73 Å². The van der Waals surface area contributed by atoms with Crippen LogP contribution in [0.2, 0.25) is 0 Å². The molecule has 0 aliphatic carbocycles. The van der Waals surface area contributed by atoms with E-state index in [0.29, 0.717) is 17.7 Å². The Morgan fingerprint density at radius 3 is 2.42 bits per heavy atom. The highest BCUT2D eigenvalue weighted by Crippen LogP contribution is 2.21. The Balaban J connectivity index is 2.26. The first kappa shape index (κ1) is 16.2. The fraction of sp³-hybridized carbons (Fsp3) is 0.562. The molecule has 1 aromatic rings. The average Bonchev–Trinajstić information content (AvgIpc) is 2.40. The van der Waals surface area contributed by atoms with Crippen molar-refractivity contribution in [1.29, 1.82) is 0 Å². The fourth-order valence-corrected chi connectivity index (χ4v) is 2.51. The Bertz CT molecular complexity index is 404. The van der Waals surface area contributed by atoms with Crippen molar-refractivity contribution < 1.29 is 4.79 Å². The Kier molecular flexibility index (Phi) is 7.80. The summed E-state index contributed by atoms with van der Waals surface area (Å²) in [6, 6.07) is 5.46. The van der Waals surface area contributed by atoms with Crippen LogP contribution in [0.15, 0.2) is 22.7 Å². The zero-order valence-electron chi connectivity index (χ0n) is 11.8. The molecule has 0 amide bonds. The first-order chi connectivity index (χ1) is 9.15. The number of unbranched alkanes of at least 4 members (excludes halogenated alkanes) is 6. The van der Waals surface area contributed by atoms with E-state index in [1.54, 1.807) is 6.07 Å². The van der Waals surface area contributed by atoms with Gasteiger partial charge in [-0.25, -0.2) is 0 Å². The minimum Gasteiger partial charge on any atom is -0.398 e. The third kappa shape index (κ3) is 6.24. The van der Waals surface area contributed by atoms with Crippen LogP contribution in [0.25, 0.3) is 0 Å². The zero-order chi connectivity index (χ0) is 14.1. The molecule has 0 atom stereocenters. The minimum atomic E-state index is 0.160. The molecule has 0 spiro atoms. The summed E-state index contributed by atoms with van der Waals surface area (Å²) in [5, 5.41) is 0. The van der Waals surface area contributed by atoms with Gasteiger partial charge in [-0.15, -0.1) is 0 Å². The molecule has 0 aliphatic heterocycles. The number of ketones is 1. The normalized spacial score (nSPS) is 10.6. The van der Waals surface area contributed by atoms with Crippen LogP contribution in [0.1, 0.15) is 68.6 Å². The maximum absolute atomic E-state index is 12.1. The molecule has 1 rings (SSSR count). The fourth-order valence-electron chi connectivity index (χ4n) is 2.15. The predicted octanol–water partition coefficient (Wildman–Crippen LogP) is 5.35. The number of hydrogen-bond donors (Lipinski definition) is 1. The van der Waals surface area contributed by atoms with Gasteiger partial charge in [-0.3, -0.25) is 4.79 Å². The van der Waals surface area contributed by atoms with Gasteiger partial charge in [0, 0.05) is 22.1 Å².